The first-order valence-corrected chi connectivity index (χ1v) is 7.08. The zero-order valence-electron chi connectivity index (χ0n) is 12.1. The molecule has 2 aromatic rings. The number of benzene rings is 1. The fourth-order valence-electron chi connectivity index (χ4n) is 2.44. The average molecular weight is 257 g/mol. The second kappa shape index (κ2) is 6.53. The number of fused-ring (bicyclic) bond motifs is 1. The summed E-state index contributed by atoms with van der Waals surface area (Å²) < 4.78 is 0. The van der Waals surface area contributed by atoms with Crippen molar-refractivity contribution in [2.75, 3.05) is 25.0 Å². The van der Waals surface area contributed by atoms with E-state index < -0.39 is 0 Å². The molecule has 0 fully saturated rings. The highest BCUT2D eigenvalue weighted by atomic mass is 15.2. The van der Waals surface area contributed by atoms with Crippen LogP contribution in [0.15, 0.2) is 30.3 Å². The highest BCUT2D eigenvalue weighted by molar-refractivity contribution is 5.84. The minimum Gasteiger partial charge on any atom is -0.357 e. The van der Waals surface area contributed by atoms with Crippen molar-refractivity contribution in [1.82, 2.24) is 10.3 Å². The molecule has 0 amide bonds. The number of aromatic nitrogens is 1. The normalized spacial score (nSPS) is 10.9. The van der Waals surface area contributed by atoms with Crippen LogP contribution in [-0.4, -0.2) is 25.1 Å². The number of hydrogen-bond donors (Lipinski definition) is 1. The molecule has 1 aromatic carbocycles. The summed E-state index contributed by atoms with van der Waals surface area (Å²) in [5.74, 6) is 1.09. The van der Waals surface area contributed by atoms with Crippen LogP contribution in [0.5, 0.6) is 0 Å². The van der Waals surface area contributed by atoms with E-state index in [0.29, 0.717) is 0 Å². The van der Waals surface area contributed by atoms with E-state index in [9.17, 15) is 0 Å². The van der Waals surface area contributed by atoms with E-state index >= 15 is 0 Å². The van der Waals surface area contributed by atoms with Crippen molar-refractivity contribution < 1.29 is 0 Å². The van der Waals surface area contributed by atoms with Gasteiger partial charge in [0.2, 0.25) is 0 Å². The van der Waals surface area contributed by atoms with Gasteiger partial charge in [0.15, 0.2) is 0 Å². The highest BCUT2D eigenvalue weighted by Crippen LogP contribution is 2.23. The molecule has 0 unspecified atom stereocenters. The second-order valence-electron chi connectivity index (χ2n) is 4.77. The zero-order chi connectivity index (χ0) is 13.7. The van der Waals surface area contributed by atoms with Gasteiger partial charge in [-0.15, -0.1) is 0 Å². The third-order valence-corrected chi connectivity index (χ3v) is 3.35. The molecule has 1 N–H and O–H groups in total. The summed E-state index contributed by atoms with van der Waals surface area (Å²) in [5, 5.41) is 4.49. The minimum absolute atomic E-state index is 0.875. The number of hydrogen-bond acceptors (Lipinski definition) is 3. The van der Waals surface area contributed by atoms with Gasteiger partial charge in [0.25, 0.3) is 0 Å². The van der Waals surface area contributed by atoms with Gasteiger partial charge in [-0.2, -0.15) is 0 Å². The van der Waals surface area contributed by atoms with Gasteiger partial charge in [0, 0.05) is 25.0 Å². The van der Waals surface area contributed by atoms with E-state index in [-0.39, 0.29) is 0 Å². The number of nitrogens with one attached hydrogen (secondary N) is 1. The maximum absolute atomic E-state index is 4.81. The van der Waals surface area contributed by atoms with E-state index in [2.05, 4.69) is 54.4 Å². The van der Waals surface area contributed by atoms with Crippen molar-refractivity contribution >= 4 is 16.7 Å². The standard InChI is InChI=1S/C16H23N3/c1-4-10-19(5-2)16-11-13(12-17-3)14-8-6-7-9-15(14)18-16/h6-9,11,17H,4-5,10,12H2,1-3H3. The number of anilines is 1. The molecule has 1 aromatic heterocycles. The molecule has 0 aliphatic carbocycles. The molecule has 0 saturated heterocycles. The first-order chi connectivity index (χ1) is 9.30. The minimum atomic E-state index is 0.875. The van der Waals surface area contributed by atoms with E-state index in [1.165, 1.54) is 10.9 Å². The van der Waals surface area contributed by atoms with Crippen LogP contribution in [0.25, 0.3) is 10.9 Å². The summed E-state index contributed by atoms with van der Waals surface area (Å²) in [6, 6.07) is 10.6. The van der Waals surface area contributed by atoms with Crippen LogP contribution in [0.1, 0.15) is 25.8 Å². The summed E-state index contributed by atoms with van der Waals surface area (Å²) in [5.41, 5.74) is 2.40. The molecule has 19 heavy (non-hydrogen) atoms. The third-order valence-electron chi connectivity index (χ3n) is 3.35. The van der Waals surface area contributed by atoms with Crippen LogP contribution in [0.4, 0.5) is 5.82 Å². The predicted octanol–water partition coefficient (Wildman–Crippen LogP) is 3.19. The summed E-state index contributed by atoms with van der Waals surface area (Å²) in [7, 11) is 1.98. The largest absolute Gasteiger partial charge is 0.357 e. The number of pyridine rings is 1. The number of rotatable bonds is 6. The molecule has 0 bridgehead atoms. The Morgan fingerprint density at radius 1 is 1.21 bits per heavy atom. The monoisotopic (exact) mass is 257 g/mol. The molecular weight excluding hydrogens is 234 g/mol. The van der Waals surface area contributed by atoms with Gasteiger partial charge in [-0.25, -0.2) is 4.98 Å². The Morgan fingerprint density at radius 3 is 2.68 bits per heavy atom. The maximum Gasteiger partial charge on any atom is 0.129 e. The first-order valence-electron chi connectivity index (χ1n) is 7.08. The van der Waals surface area contributed by atoms with Crippen molar-refractivity contribution in [3.63, 3.8) is 0 Å². The number of para-hydroxylation sites is 1. The summed E-state index contributed by atoms with van der Waals surface area (Å²) in [6.45, 7) is 7.32. The van der Waals surface area contributed by atoms with E-state index in [4.69, 9.17) is 4.98 Å². The van der Waals surface area contributed by atoms with Gasteiger partial charge in [0.05, 0.1) is 5.52 Å². The van der Waals surface area contributed by atoms with Gasteiger partial charge < -0.3 is 10.2 Å². The third kappa shape index (κ3) is 3.04. The van der Waals surface area contributed by atoms with Crippen LogP contribution >= 0.6 is 0 Å². The van der Waals surface area contributed by atoms with Gasteiger partial charge >= 0.3 is 0 Å². The SMILES string of the molecule is CCCN(CC)c1cc(CNC)c2ccccc2n1. The fourth-order valence-corrected chi connectivity index (χ4v) is 2.44. The second-order valence-corrected chi connectivity index (χ2v) is 4.77. The lowest BCUT2D eigenvalue weighted by atomic mass is 10.1. The van der Waals surface area contributed by atoms with Gasteiger partial charge in [0.1, 0.15) is 5.82 Å². The average Bonchev–Trinajstić information content (AvgIpc) is 2.45. The van der Waals surface area contributed by atoms with Crippen LogP contribution in [-0.2, 0) is 6.54 Å². The van der Waals surface area contributed by atoms with Gasteiger partial charge in [-0.3, -0.25) is 0 Å². The molecule has 1 heterocycles. The van der Waals surface area contributed by atoms with Gasteiger partial charge in [-0.1, -0.05) is 25.1 Å². The molecule has 0 aliphatic heterocycles. The lowest BCUT2D eigenvalue weighted by molar-refractivity contribution is 0.775. The predicted molar refractivity (Wildman–Crippen MR) is 82.7 cm³/mol. The van der Waals surface area contributed by atoms with Crippen molar-refractivity contribution in [2.24, 2.45) is 0 Å². The molecule has 102 valence electrons. The topological polar surface area (TPSA) is 28.2 Å². The fraction of sp³-hybridized carbons (Fsp3) is 0.438. The Morgan fingerprint density at radius 2 is 2.00 bits per heavy atom. The van der Waals surface area contributed by atoms with Crippen molar-refractivity contribution in [3.8, 4) is 0 Å². The first kappa shape index (κ1) is 13.8. The molecule has 0 aliphatic rings. The molecule has 2 rings (SSSR count). The van der Waals surface area contributed by atoms with Crippen molar-refractivity contribution in [3.05, 3.63) is 35.9 Å². The van der Waals surface area contributed by atoms with E-state index in [1.807, 2.05) is 7.05 Å². The Bertz CT molecular complexity index is 537. The van der Waals surface area contributed by atoms with Crippen molar-refractivity contribution in [2.45, 2.75) is 26.8 Å². The van der Waals surface area contributed by atoms with Crippen LogP contribution < -0.4 is 10.2 Å². The van der Waals surface area contributed by atoms with Gasteiger partial charge in [-0.05, 0) is 38.1 Å². The van der Waals surface area contributed by atoms with E-state index in [0.717, 1.165) is 37.4 Å². The summed E-state index contributed by atoms with van der Waals surface area (Å²) in [6.07, 6.45) is 1.14. The lowest BCUT2D eigenvalue weighted by Gasteiger charge is -2.22. The lowest BCUT2D eigenvalue weighted by Crippen LogP contribution is -2.24. The molecule has 0 atom stereocenters. The van der Waals surface area contributed by atoms with Crippen molar-refractivity contribution in [1.29, 1.82) is 0 Å². The summed E-state index contributed by atoms with van der Waals surface area (Å²) in [4.78, 5) is 7.14. The molecular formula is C16H23N3. The maximum atomic E-state index is 4.81. The molecule has 3 heteroatoms. The highest BCUT2D eigenvalue weighted by Gasteiger charge is 2.09. The number of nitrogens with zero attached hydrogens (tertiary/aromatic N) is 2. The molecule has 0 radical (unpaired) electrons. The molecule has 3 nitrogen and oxygen atoms in total. The Labute approximate surface area is 115 Å². The zero-order valence-corrected chi connectivity index (χ0v) is 12.1. The van der Waals surface area contributed by atoms with E-state index in [1.54, 1.807) is 0 Å². The molecule has 0 spiro atoms. The summed E-state index contributed by atoms with van der Waals surface area (Å²) >= 11 is 0. The Hall–Kier alpha value is -1.61. The quantitative estimate of drug-likeness (QED) is 0.861. The van der Waals surface area contributed by atoms with Crippen LogP contribution in [0, 0.1) is 0 Å². The smallest absolute Gasteiger partial charge is 0.129 e. The van der Waals surface area contributed by atoms with Crippen LogP contribution in [0.2, 0.25) is 0 Å². The molecule has 0 saturated carbocycles. The van der Waals surface area contributed by atoms with Crippen LogP contribution in [0.3, 0.4) is 0 Å². The Balaban J connectivity index is 2.50. The Kier molecular flexibility index (Phi) is 4.74.